The van der Waals surface area contributed by atoms with Gasteiger partial charge in [-0.15, -0.1) is 0 Å². The maximum atomic E-state index is 11.9. The number of amides is 1. The molecule has 1 aliphatic heterocycles. The molecular weight excluding hydrogens is 278 g/mol. The molecule has 1 unspecified atom stereocenters. The minimum atomic E-state index is -1.14. The van der Waals surface area contributed by atoms with Crippen LogP contribution < -0.4 is 0 Å². The minimum Gasteiger partial charge on any atom is -0.478 e. The van der Waals surface area contributed by atoms with E-state index in [1.54, 1.807) is 16.7 Å². The Bertz CT molecular complexity index is 460. The predicted molar refractivity (Wildman–Crippen MR) is 76.9 cm³/mol. The highest BCUT2D eigenvalue weighted by Crippen LogP contribution is 2.13. The van der Waals surface area contributed by atoms with Gasteiger partial charge in [-0.2, -0.15) is 11.8 Å². The molecule has 1 N–H and O–H groups in total. The smallest absolute Gasteiger partial charge is 0.410 e. The van der Waals surface area contributed by atoms with E-state index in [9.17, 15) is 14.7 Å². The number of thioether (sulfide) groups is 1. The van der Waals surface area contributed by atoms with Crippen molar-refractivity contribution in [2.75, 3.05) is 24.6 Å². The van der Waals surface area contributed by atoms with E-state index in [1.807, 2.05) is 30.3 Å². The van der Waals surface area contributed by atoms with Gasteiger partial charge in [0.05, 0.1) is 0 Å². The Morgan fingerprint density at radius 2 is 1.90 bits per heavy atom. The van der Waals surface area contributed by atoms with Gasteiger partial charge in [0.1, 0.15) is 0 Å². The van der Waals surface area contributed by atoms with Crippen molar-refractivity contribution in [1.29, 1.82) is 0 Å². The van der Waals surface area contributed by atoms with E-state index in [1.165, 1.54) is 0 Å². The molecule has 1 aromatic carbocycles. The first-order valence-corrected chi connectivity index (χ1v) is 7.62. The predicted octanol–water partition coefficient (Wildman–Crippen LogP) is 1.87. The number of carbonyl (C=O) groups is 2. The SMILES string of the molecule is O=C(O)C(Cc1ccccc1)OC(=O)N1CCSCC1. The topological polar surface area (TPSA) is 66.8 Å². The highest BCUT2D eigenvalue weighted by atomic mass is 32.2. The Balaban J connectivity index is 1.95. The summed E-state index contributed by atoms with van der Waals surface area (Å²) in [4.78, 5) is 24.7. The van der Waals surface area contributed by atoms with Crippen LogP contribution in [-0.4, -0.2) is 52.8 Å². The lowest BCUT2D eigenvalue weighted by molar-refractivity contribution is -0.147. The van der Waals surface area contributed by atoms with Gasteiger partial charge in [0.25, 0.3) is 0 Å². The zero-order chi connectivity index (χ0) is 14.4. The lowest BCUT2D eigenvalue weighted by atomic mass is 10.1. The Labute approximate surface area is 121 Å². The van der Waals surface area contributed by atoms with Crippen molar-refractivity contribution in [2.45, 2.75) is 12.5 Å². The van der Waals surface area contributed by atoms with Crippen LogP contribution in [0.2, 0.25) is 0 Å². The van der Waals surface area contributed by atoms with Gasteiger partial charge in [0, 0.05) is 31.0 Å². The summed E-state index contributed by atoms with van der Waals surface area (Å²) in [5.74, 6) is 0.616. The highest BCUT2D eigenvalue weighted by molar-refractivity contribution is 7.99. The maximum Gasteiger partial charge on any atom is 0.410 e. The number of benzene rings is 1. The lowest BCUT2D eigenvalue weighted by Gasteiger charge is -2.27. The average Bonchev–Trinajstić information content (AvgIpc) is 2.48. The standard InChI is InChI=1S/C14H17NO4S/c16-13(17)12(10-11-4-2-1-3-5-11)19-14(18)15-6-8-20-9-7-15/h1-5,12H,6-10H2,(H,16,17). The van der Waals surface area contributed by atoms with Crippen molar-refractivity contribution in [3.05, 3.63) is 35.9 Å². The second-order valence-corrected chi connectivity index (χ2v) is 5.72. The summed E-state index contributed by atoms with van der Waals surface area (Å²) in [7, 11) is 0. The van der Waals surface area contributed by atoms with Gasteiger partial charge in [-0.1, -0.05) is 30.3 Å². The summed E-state index contributed by atoms with van der Waals surface area (Å²) in [6.07, 6.45) is -1.49. The molecule has 1 saturated heterocycles. The fourth-order valence-electron chi connectivity index (χ4n) is 1.95. The number of nitrogens with zero attached hydrogens (tertiary/aromatic N) is 1. The Morgan fingerprint density at radius 3 is 2.50 bits per heavy atom. The molecule has 20 heavy (non-hydrogen) atoms. The molecule has 1 aliphatic rings. The largest absolute Gasteiger partial charge is 0.478 e. The molecule has 5 nitrogen and oxygen atoms in total. The first-order valence-electron chi connectivity index (χ1n) is 6.47. The van der Waals surface area contributed by atoms with Crippen molar-refractivity contribution in [3.63, 3.8) is 0 Å². The van der Waals surface area contributed by atoms with Crippen molar-refractivity contribution >= 4 is 23.8 Å². The van der Waals surface area contributed by atoms with E-state index in [2.05, 4.69) is 0 Å². The first-order chi connectivity index (χ1) is 9.66. The van der Waals surface area contributed by atoms with Crippen LogP contribution in [0, 0.1) is 0 Å². The molecule has 0 spiro atoms. The van der Waals surface area contributed by atoms with Crippen LogP contribution in [0.15, 0.2) is 30.3 Å². The van der Waals surface area contributed by atoms with Gasteiger partial charge in [0.15, 0.2) is 0 Å². The van der Waals surface area contributed by atoms with Crippen LogP contribution in [0.4, 0.5) is 4.79 Å². The van der Waals surface area contributed by atoms with Crippen molar-refractivity contribution in [1.82, 2.24) is 4.90 Å². The van der Waals surface area contributed by atoms with Gasteiger partial charge in [-0.3, -0.25) is 0 Å². The number of carbonyl (C=O) groups excluding carboxylic acids is 1. The molecule has 0 radical (unpaired) electrons. The fourth-order valence-corrected chi connectivity index (χ4v) is 2.85. The zero-order valence-corrected chi connectivity index (χ0v) is 11.8. The van der Waals surface area contributed by atoms with E-state index in [-0.39, 0.29) is 6.42 Å². The summed E-state index contributed by atoms with van der Waals surface area (Å²) < 4.78 is 5.13. The third-order valence-corrected chi connectivity index (χ3v) is 3.99. The third-order valence-electron chi connectivity index (χ3n) is 3.05. The summed E-state index contributed by atoms with van der Waals surface area (Å²) >= 11 is 1.78. The number of ether oxygens (including phenoxy) is 1. The lowest BCUT2D eigenvalue weighted by Crippen LogP contribution is -2.41. The van der Waals surface area contributed by atoms with Gasteiger partial charge in [-0.05, 0) is 5.56 Å². The van der Waals surface area contributed by atoms with Crippen LogP contribution in [0.25, 0.3) is 0 Å². The Morgan fingerprint density at radius 1 is 1.25 bits per heavy atom. The van der Waals surface area contributed by atoms with Crippen LogP contribution in [0.3, 0.4) is 0 Å². The van der Waals surface area contributed by atoms with Gasteiger partial charge in [-0.25, -0.2) is 9.59 Å². The zero-order valence-electron chi connectivity index (χ0n) is 11.0. The normalized spacial score (nSPS) is 16.5. The molecule has 0 saturated carbocycles. The second-order valence-electron chi connectivity index (χ2n) is 4.50. The molecule has 1 aromatic rings. The van der Waals surface area contributed by atoms with Gasteiger partial charge in [0.2, 0.25) is 6.10 Å². The number of hydrogen-bond acceptors (Lipinski definition) is 4. The van der Waals surface area contributed by atoms with E-state index in [4.69, 9.17) is 4.74 Å². The van der Waals surface area contributed by atoms with Crippen molar-refractivity contribution < 1.29 is 19.4 Å². The maximum absolute atomic E-state index is 11.9. The van der Waals surface area contributed by atoms with Crippen molar-refractivity contribution in [3.8, 4) is 0 Å². The van der Waals surface area contributed by atoms with Crippen LogP contribution in [-0.2, 0) is 16.0 Å². The molecular formula is C14H17NO4S. The van der Waals surface area contributed by atoms with Gasteiger partial charge < -0.3 is 14.7 Å². The van der Waals surface area contributed by atoms with E-state index in [0.29, 0.717) is 13.1 Å². The van der Waals surface area contributed by atoms with E-state index >= 15 is 0 Å². The number of carboxylic acids is 1. The molecule has 1 atom stereocenters. The van der Waals surface area contributed by atoms with Crippen LogP contribution in [0.1, 0.15) is 5.56 Å². The second kappa shape index (κ2) is 7.19. The molecule has 6 heteroatoms. The fraction of sp³-hybridized carbons (Fsp3) is 0.429. The number of rotatable bonds is 4. The molecule has 1 heterocycles. The molecule has 0 bridgehead atoms. The Kier molecular flexibility index (Phi) is 5.29. The van der Waals surface area contributed by atoms with Crippen LogP contribution >= 0.6 is 11.8 Å². The molecule has 0 aliphatic carbocycles. The summed E-state index contributed by atoms with van der Waals surface area (Å²) in [6.45, 7) is 1.22. The van der Waals surface area contributed by atoms with E-state index in [0.717, 1.165) is 17.1 Å². The monoisotopic (exact) mass is 295 g/mol. The molecule has 1 amide bonds. The summed E-state index contributed by atoms with van der Waals surface area (Å²) in [5, 5.41) is 9.18. The molecule has 108 valence electrons. The van der Waals surface area contributed by atoms with Crippen molar-refractivity contribution in [2.24, 2.45) is 0 Å². The summed E-state index contributed by atoms with van der Waals surface area (Å²) in [5.41, 5.74) is 0.835. The summed E-state index contributed by atoms with van der Waals surface area (Å²) in [6, 6.07) is 9.16. The number of hydrogen-bond donors (Lipinski definition) is 1. The third kappa shape index (κ3) is 4.16. The molecule has 1 fully saturated rings. The van der Waals surface area contributed by atoms with Crippen LogP contribution in [0.5, 0.6) is 0 Å². The van der Waals surface area contributed by atoms with E-state index < -0.39 is 18.2 Å². The Hall–Kier alpha value is -1.69. The first kappa shape index (κ1) is 14.7. The number of aliphatic carboxylic acids is 1. The number of carboxylic acid groups (broad SMARTS) is 1. The molecule has 0 aromatic heterocycles. The van der Waals surface area contributed by atoms with Gasteiger partial charge >= 0.3 is 12.1 Å². The highest BCUT2D eigenvalue weighted by Gasteiger charge is 2.26. The minimum absolute atomic E-state index is 0.185. The molecule has 2 rings (SSSR count). The quantitative estimate of drug-likeness (QED) is 0.918. The average molecular weight is 295 g/mol.